The van der Waals surface area contributed by atoms with E-state index in [-0.39, 0.29) is 0 Å². The number of nitrogens with two attached hydrogens (primary N) is 1. The Balaban J connectivity index is 2.02. The molecule has 2 nitrogen and oxygen atoms in total. The van der Waals surface area contributed by atoms with Crippen molar-refractivity contribution in [3.8, 4) is 5.75 Å². The second-order valence-electron chi connectivity index (χ2n) is 3.30. The summed E-state index contributed by atoms with van der Waals surface area (Å²) >= 11 is 3.59. The summed E-state index contributed by atoms with van der Waals surface area (Å²) in [5.74, 6) is 1.68. The van der Waals surface area contributed by atoms with E-state index in [0.717, 1.165) is 11.5 Å². The summed E-state index contributed by atoms with van der Waals surface area (Å²) in [5, 5.41) is 2.09. The third-order valence-corrected chi connectivity index (χ3v) is 4.37. The Labute approximate surface area is 103 Å². The molecule has 0 amide bonds. The Morgan fingerprint density at radius 2 is 2.25 bits per heavy atom. The summed E-state index contributed by atoms with van der Waals surface area (Å²) in [4.78, 5) is 0. The molecule has 0 atom stereocenters. The number of nitrogen functional groups attached to an aromatic ring is 1. The van der Waals surface area contributed by atoms with Gasteiger partial charge in [0.05, 0.1) is 17.0 Å². The summed E-state index contributed by atoms with van der Waals surface area (Å²) in [6.45, 7) is 0. The van der Waals surface area contributed by atoms with Crippen LogP contribution in [0.5, 0.6) is 5.75 Å². The van der Waals surface area contributed by atoms with Gasteiger partial charge in [-0.25, -0.2) is 0 Å². The van der Waals surface area contributed by atoms with E-state index in [4.69, 9.17) is 10.5 Å². The summed E-state index contributed by atoms with van der Waals surface area (Å²) in [5.41, 5.74) is 7.77. The summed E-state index contributed by atoms with van der Waals surface area (Å²) in [7, 11) is 1.63. The van der Waals surface area contributed by atoms with Gasteiger partial charge in [0.25, 0.3) is 0 Å². The fraction of sp³-hybridized carbons (Fsp3) is 0.167. The van der Waals surface area contributed by atoms with Gasteiger partial charge in [-0.15, -0.1) is 23.1 Å². The van der Waals surface area contributed by atoms with Gasteiger partial charge in [0.2, 0.25) is 0 Å². The molecule has 2 N–H and O–H groups in total. The lowest BCUT2D eigenvalue weighted by Crippen LogP contribution is -1.93. The molecule has 4 heteroatoms. The highest BCUT2D eigenvalue weighted by Gasteiger charge is 2.01. The fourth-order valence-electron chi connectivity index (χ4n) is 1.37. The molecule has 2 aromatic rings. The molecule has 1 heterocycles. The van der Waals surface area contributed by atoms with Crippen molar-refractivity contribution in [1.82, 2.24) is 0 Å². The van der Waals surface area contributed by atoms with Crippen LogP contribution in [0.4, 0.5) is 5.69 Å². The van der Waals surface area contributed by atoms with Crippen LogP contribution in [-0.2, 0) is 5.75 Å². The second-order valence-corrected chi connectivity index (χ2v) is 5.52. The van der Waals surface area contributed by atoms with Crippen LogP contribution in [-0.4, -0.2) is 7.11 Å². The van der Waals surface area contributed by atoms with E-state index in [9.17, 15) is 0 Å². The topological polar surface area (TPSA) is 35.2 Å². The third kappa shape index (κ3) is 2.71. The van der Waals surface area contributed by atoms with Crippen LogP contribution in [0, 0.1) is 0 Å². The Kier molecular flexibility index (Phi) is 3.74. The number of hydrogen-bond donors (Lipinski definition) is 1. The van der Waals surface area contributed by atoms with Crippen molar-refractivity contribution in [3.63, 3.8) is 0 Å². The zero-order valence-corrected chi connectivity index (χ0v) is 10.6. The number of thiophene rings is 1. The minimum atomic E-state index is 0.701. The number of methoxy groups -OCH3 is 1. The molecule has 0 unspecified atom stereocenters. The van der Waals surface area contributed by atoms with Crippen molar-refractivity contribution in [1.29, 1.82) is 0 Å². The quantitative estimate of drug-likeness (QED) is 0.665. The Bertz CT molecular complexity index is 454. The van der Waals surface area contributed by atoms with Gasteiger partial charge in [0.1, 0.15) is 5.75 Å². The van der Waals surface area contributed by atoms with Gasteiger partial charge in [-0.3, -0.25) is 0 Å². The van der Waals surface area contributed by atoms with E-state index in [1.165, 1.54) is 9.77 Å². The Hall–Kier alpha value is -1.13. The lowest BCUT2D eigenvalue weighted by Gasteiger charge is -2.06. The van der Waals surface area contributed by atoms with Gasteiger partial charge in [-0.2, -0.15) is 0 Å². The number of ether oxygens (including phenoxy) is 1. The fourth-order valence-corrected chi connectivity index (χ4v) is 3.10. The molecular formula is C12H13NOS2. The van der Waals surface area contributed by atoms with E-state index in [2.05, 4.69) is 23.6 Å². The second kappa shape index (κ2) is 5.27. The predicted octanol–water partition coefficient (Wildman–Crippen LogP) is 3.63. The molecule has 0 saturated heterocycles. The predicted molar refractivity (Wildman–Crippen MR) is 71.3 cm³/mol. The van der Waals surface area contributed by atoms with Crippen LogP contribution in [0.25, 0.3) is 0 Å². The maximum absolute atomic E-state index is 5.85. The molecule has 0 aliphatic rings. The molecule has 0 aliphatic carbocycles. The first kappa shape index (κ1) is 11.4. The van der Waals surface area contributed by atoms with Gasteiger partial charge in [0.15, 0.2) is 0 Å². The highest BCUT2D eigenvalue weighted by molar-refractivity contribution is 8.00. The van der Waals surface area contributed by atoms with E-state index >= 15 is 0 Å². The van der Waals surface area contributed by atoms with Crippen LogP contribution < -0.4 is 10.5 Å². The van der Waals surface area contributed by atoms with Gasteiger partial charge in [-0.05, 0) is 29.1 Å². The normalized spacial score (nSPS) is 10.3. The number of rotatable bonds is 4. The van der Waals surface area contributed by atoms with E-state index in [1.807, 2.05) is 23.9 Å². The van der Waals surface area contributed by atoms with Crippen molar-refractivity contribution in [3.05, 3.63) is 41.3 Å². The SMILES string of the molecule is COc1ccc(CSc2cccs2)cc1N. The average molecular weight is 251 g/mol. The largest absolute Gasteiger partial charge is 0.495 e. The zero-order valence-electron chi connectivity index (χ0n) is 8.97. The third-order valence-electron chi connectivity index (χ3n) is 2.17. The Morgan fingerprint density at radius 3 is 2.88 bits per heavy atom. The summed E-state index contributed by atoms with van der Waals surface area (Å²) in [6, 6.07) is 10.1. The van der Waals surface area contributed by atoms with Crippen LogP contribution in [0.2, 0.25) is 0 Å². The van der Waals surface area contributed by atoms with Crippen LogP contribution >= 0.6 is 23.1 Å². The molecule has 1 aromatic carbocycles. The molecule has 0 spiro atoms. The molecule has 1 aromatic heterocycles. The first-order valence-corrected chi connectivity index (χ1v) is 6.75. The molecule has 84 valence electrons. The van der Waals surface area contributed by atoms with Gasteiger partial charge < -0.3 is 10.5 Å². The lowest BCUT2D eigenvalue weighted by molar-refractivity contribution is 0.417. The van der Waals surface area contributed by atoms with E-state index in [1.54, 1.807) is 18.4 Å². The molecule has 0 fully saturated rings. The molecule has 0 aliphatic heterocycles. The molecule has 0 saturated carbocycles. The number of benzene rings is 1. The zero-order chi connectivity index (χ0) is 11.4. The summed E-state index contributed by atoms with van der Waals surface area (Å²) in [6.07, 6.45) is 0. The van der Waals surface area contributed by atoms with Crippen LogP contribution in [0.1, 0.15) is 5.56 Å². The van der Waals surface area contributed by atoms with Crippen molar-refractivity contribution >= 4 is 28.8 Å². The maximum atomic E-state index is 5.85. The smallest absolute Gasteiger partial charge is 0.141 e. The molecular weight excluding hydrogens is 238 g/mol. The van der Waals surface area contributed by atoms with E-state index < -0.39 is 0 Å². The van der Waals surface area contributed by atoms with Gasteiger partial charge in [-0.1, -0.05) is 12.1 Å². The van der Waals surface area contributed by atoms with Crippen molar-refractivity contribution in [2.75, 3.05) is 12.8 Å². The lowest BCUT2D eigenvalue weighted by atomic mass is 10.2. The minimum absolute atomic E-state index is 0.701. The van der Waals surface area contributed by atoms with Crippen molar-refractivity contribution in [2.45, 2.75) is 9.96 Å². The Morgan fingerprint density at radius 1 is 1.38 bits per heavy atom. The first-order chi connectivity index (χ1) is 7.79. The molecule has 16 heavy (non-hydrogen) atoms. The highest BCUT2D eigenvalue weighted by Crippen LogP contribution is 2.29. The minimum Gasteiger partial charge on any atom is -0.495 e. The van der Waals surface area contributed by atoms with Crippen LogP contribution in [0.3, 0.4) is 0 Å². The summed E-state index contributed by atoms with van der Waals surface area (Å²) < 4.78 is 6.45. The number of hydrogen-bond acceptors (Lipinski definition) is 4. The molecule has 0 radical (unpaired) electrons. The number of anilines is 1. The maximum Gasteiger partial charge on any atom is 0.141 e. The monoisotopic (exact) mass is 251 g/mol. The van der Waals surface area contributed by atoms with Crippen molar-refractivity contribution in [2.24, 2.45) is 0 Å². The molecule has 2 rings (SSSR count). The highest BCUT2D eigenvalue weighted by atomic mass is 32.2. The average Bonchev–Trinajstić information content (AvgIpc) is 2.79. The van der Waals surface area contributed by atoms with E-state index in [0.29, 0.717) is 5.69 Å². The standard InChI is InChI=1S/C12H13NOS2/c1-14-11-5-4-9(7-10(11)13)8-16-12-3-2-6-15-12/h2-7H,8,13H2,1H3. The molecule has 0 bridgehead atoms. The van der Waals surface area contributed by atoms with Gasteiger partial charge in [0, 0.05) is 5.75 Å². The van der Waals surface area contributed by atoms with Crippen molar-refractivity contribution < 1.29 is 4.74 Å². The first-order valence-electron chi connectivity index (χ1n) is 4.88. The number of thioether (sulfide) groups is 1. The van der Waals surface area contributed by atoms with Crippen LogP contribution in [0.15, 0.2) is 39.9 Å². The van der Waals surface area contributed by atoms with Gasteiger partial charge >= 0.3 is 0 Å².